The highest BCUT2D eigenvalue weighted by Crippen LogP contribution is 2.51. The van der Waals surface area contributed by atoms with Gasteiger partial charge in [0.1, 0.15) is 0 Å². The molecule has 0 unspecified atom stereocenters. The predicted molar refractivity (Wildman–Crippen MR) is 585 cm³/mol. The van der Waals surface area contributed by atoms with E-state index in [1.165, 1.54) is 174 Å². The molecule has 10 saturated carbocycles. The quantitative estimate of drug-likeness (QED) is 0.0898. The molecule has 0 heterocycles. The lowest BCUT2D eigenvalue weighted by Gasteiger charge is -2.38. The lowest BCUT2D eigenvalue weighted by molar-refractivity contribution is -0.225. The zero-order chi connectivity index (χ0) is 108. The highest BCUT2D eigenvalue weighted by atomic mass is 19.3. The summed E-state index contributed by atoms with van der Waals surface area (Å²) in [6.07, 6.45) is 43.4. The van der Waals surface area contributed by atoms with Gasteiger partial charge in [-0.15, -0.1) is 0 Å². The average Bonchev–Trinajstić information content (AvgIpc) is 0.816. The second-order valence-corrected chi connectivity index (χ2v) is 47.5. The third kappa shape index (κ3) is 33.8. The van der Waals surface area contributed by atoms with Crippen LogP contribution >= 0.6 is 0 Å². The molecule has 0 bridgehead atoms. The van der Waals surface area contributed by atoms with Gasteiger partial charge in [-0.3, -0.25) is 0 Å². The van der Waals surface area contributed by atoms with Crippen LogP contribution < -0.4 is 9.47 Å². The molecular weight excluding hydrogens is 1910 g/mol. The Morgan fingerprint density at radius 2 is 0.419 bits per heavy atom. The molecule has 10 aliphatic carbocycles. The summed E-state index contributed by atoms with van der Waals surface area (Å²) in [6, 6.07) is 25.9. The molecule has 8 aromatic carbocycles. The Balaban J connectivity index is 0.000000903. The van der Waals surface area contributed by atoms with Crippen LogP contribution in [0.4, 0.5) is 79.0 Å². The molecule has 0 spiro atoms. The average molecular weight is 2100 g/mol. The first-order valence-electron chi connectivity index (χ1n) is 56.6. The maximum absolute atomic E-state index is 14.5. The van der Waals surface area contributed by atoms with Crippen molar-refractivity contribution in [3.63, 3.8) is 0 Å². The van der Waals surface area contributed by atoms with Crippen LogP contribution in [0.5, 0.6) is 11.5 Å². The minimum Gasteiger partial charge on any atom is -0.490 e. The zero-order valence-electron chi connectivity index (χ0n) is 91.3. The molecular formula is C128H190F18O2. The number of benzene rings is 8. The van der Waals surface area contributed by atoms with E-state index in [0.717, 1.165) is 180 Å². The molecule has 0 aromatic heterocycles. The van der Waals surface area contributed by atoms with Gasteiger partial charge < -0.3 is 9.47 Å². The van der Waals surface area contributed by atoms with E-state index in [2.05, 4.69) is 53.2 Å². The Morgan fingerprint density at radius 1 is 0.216 bits per heavy atom. The van der Waals surface area contributed by atoms with Crippen LogP contribution in [-0.4, -0.2) is 12.7 Å². The van der Waals surface area contributed by atoms with Crippen molar-refractivity contribution in [3.8, 4) is 11.5 Å². The van der Waals surface area contributed by atoms with Crippen molar-refractivity contribution in [2.45, 2.75) is 410 Å². The van der Waals surface area contributed by atoms with E-state index in [1.54, 1.807) is 120 Å². The minimum atomic E-state index is -3.48. The minimum absolute atomic E-state index is 0. The maximum atomic E-state index is 14.5. The lowest BCUT2D eigenvalue weighted by Crippen LogP contribution is -2.38. The Kier molecular flexibility index (Phi) is 46.6. The van der Waals surface area contributed by atoms with E-state index in [0.29, 0.717) is 122 Å². The predicted octanol–water partition coefficient (Wildman–Crippen LogP) is 43.3. The van der Waals surface area contributed by atoms with Crippen LogP contribution in [0.3, 0.4) is 0 Å². The normalized spacial score (nSPS) is 27.2. The molecule has 0 aliphatic heterocycles. The molecule has 10 aliphatic rings. The van der Waals surface area contributed by atoms with Crippen LogP contribution in [0.1, 0.15) is 428 Å². The van der Waals surface area contributed by atoms with Gasteiger partial charge in [0, 0.05) is 14.3 Å². The first-order chi connectivity index (χ1) is 70.4. The van der Waals surface area contributed by atoms with E-state index >= 15 is 0 Å². The second kappa shape index (κ2) is 57.3. The van der Waals surface area contributed by atoms with Crippen molar-refractivity contribution in [2.75, 3.05) is 6.61 Å². The molecule has 2 nitrogen and oxygen atoms in total. The van der Waals surface area contributed by atoms with Gasteiger partial charge in [-0.1, -0.05) is 236 Å². The number of aryl methyl sites for hydroxylation is 10. The summed E-state index contributed by atoms with van der Waals surface area (Å²) in [6.45, 7) is 30.6. The molecule has 18 rings (SSSR count). The standard InChI is InChI=1S/C21H28F4O.2C20H28F2.C16H22F2.C15H20F2O.2C14H18F2.C8H8F2.10H2/c1-13-3-6-15(7-4-13)16-8-10-17(11-9-16)21(24,25)26-18-12-5-14(2)19(22)20(18)23;2*1-13-3-6-15(7-4-13)16-8-10-17(11-9-16)18-12-5-14(2)19(21)20(18)22;1-11-3-6-13(7-4-11)8-10-14-9-5-12(2)15(17)16(14)18;1-10-3-6-12(7-4-10)9-18-13-8-5-11(2)14(16)15(13)17;2*1-9-3-6-11(7-4-9)12-8-5-10(2)13(15)14(12)16;1-5-3-4-6(2)8(10)7(5)9;;;;;;;;;;/h5,12-13,15-17H,3-4,6-11H2,1-2H3;2*5,12-13,15-17H,3-4,6-11H2,1-2H3;5,9,11,13H,3-4,6-8,10H2,1-2H3;5,8,10,12H,3-4,6-7,9H2,1-2H3;2*5,8-9,11H,3-4,6-7H2,1-2H3;3-4H,1-2H3;10*1H. The summed E-state index contributed by atoms with van der Waals surface area (Å²) >= 11 is 0. The van der Waals surface area contributed by atoms with E-state index in [-0.39, 0.29) is 49.3 Å². The smallest absolute Gasteiger partial charge is 0.400 e. The molecule has 20 heteroatoms. The molecule has 0 saturated heterocycles. The third-order valence-electron chi connectivity index (χ3n) is 36.1. The Labute approximate surface area is 889 Å². The molecule has 0 atom stereocenters. The number of rotatable bonds is 16. The fourth-order valence-corrected chi connectivity index (χ4v) is 25.0. The van der Waals surface area contributed by atoms with E-state index in [4.69, 9.17) is 4.74 Å². The molecule has 10 fully saturated rings. The second-order valence-electron chi connectivity index (χ2n) is 47.5. The summed E-state index contributed by atoms with van der Waals surface area (Å²) < 4.78 is 256. The highest BCUT2D eigenvalue weighted by Gasteiger charge is 2.46. The SMILES string of the molecule is Cc1ccc(C)c(F)c1F.Cc1ccc(C2CCC(C)CC2)c(F)c1F.Cc1ccc(C2CCC(C)CC2)c(F)c1F.Cc1ccc(C2CCC(C3CCC(C)CC3)CC2)c(F)c1F.Cc1ccc(C2CCC(C3CCC(C)CC3)CC2)c(F)c1F.Cc1ccc(CCC2CCC(C)CC2)c(F)c1F.Cc1ccc(OC(F)(F)C2CCC(C3CCC(C)CC3)CC2)c(F)c1F.Cc1ccc(OCC2CCC(C)CC2)c(F)c1F.[HH].[HH].[HH].[HH].[HH].[HH].[HH].[HH].[HH].[HH]. The zero-order valence-corrected chi connectivity index (χ0v) is 91.3. The van der Waals surface area contributed by atoms with Gasteiger partial charge in [0.15, 0.2) is 92.9 Å². The number of hydrogen-bond acceptors (Lipinski definition) is 2. The molecule has 0 radical (unpaired) electrons. The van der Waals surface area contributed by atoms with Gasteiger partial charge in [0.25, 0.3) is 0 Å². The summed E-state index contributed by atoms with van der Waals surface area (Å²) in [5.74, 6) is -1.33. The number of ether oxygens (including phenoxy) is 2. The highest BCUT2D eigenvalue weighted by molar-refractivity contribution is 5.36. The maximum Gasteiger partial charge on any atom is 0.400 e. The van der Waals surface area contributed by atoms with Gasteiger partial charge in [0.2, 0.25) is 11.6 Å². The topological polar surface area (TPSA) is 18.5 Å². The third-order valence-corrected chi connectivity index (χ3v) is 36.1. The number of halogens is 18. The van der Waals surface area contributed by atoms with Crippen molar-refractivity contribution < 1.29 is 103 Å². The summed E-state index contributed by atoms with van der Waals surface area (Å²) in [7, 11) is 0. The molecule has 0 N–H and O–H groups in total. The Hall–Kier alpha value is -7.90. The molecule has 8 aromatic rings. The fourth-order valence-electron chi connectivity index (χ4n) is 25.0. The summed E-state index contributed by atoms with van der Waals surface area (Å²) in [5.41, 5.74) is 5.99. The number of hydrogen-bond donors (Lipinski definition) is 0. The van der Waals surface area contributed by atoms with Crippen LogP contribution in [0.2, 0.25) is 0 Å². The molecule has 840 valence electrons. The van der Waals surface area contributed by atoms with Crippen LogP contribution in [0.25, 0.3) is 0 Å². The van der Waals surface area contributed by atoms with Crippen molar-refractivity contribution in [1.29, 1.82) is 0 Å². The van der Waals surface area contributed by atoms with Crippen molar-refractivity contribution in [1.82, 2.24) is 0 Å². The number of alkyl halides is 2. The first kappa shape index (κ1) is 120. The van der Waals surface area contributed by atoms with Crippen molar-refractivity contribution in [3.05, 3.63) is 268 Å². The van der Waals surface area contributed by atoms with Crippen LogP contribution in [-0.2, 0) is 6.42 Å². The largest absolute Gasteiger partial charge is 0.490 e. The van der Waals surface area contributed by atoms with Gasteiger partial charge in [-0.05, 0) is 432 Å². The monoisotopic (exact) mass is 2100 g/mol. The van der Waals surface area contributed by atoms with E-state index in [1.807, 2.05) is 0 Å². The van der Waals surface area contributed by atoms with E-state index < -0.39 is 111 Å². The van der Waals surface area contributed by atoms with Gasteiger partial charge in [0.05, 0.1) is 12.5 Å². The Bertz CT molecular complexity index is 5210. The van der Waals surface area contributed by atoms with E-state index in [9.17, 15) is 79.0 Å². The van der Waals surface area contributed by atoms with Gasteiger partial charge in [-0.25, -0.2) is 61.5 Å². The van der Waals surface area contributed by atoms with Crippen molar-refractivity contribution >= 4 is 0 Å². The Morgan fingerprint density at radius 3 is 0.716 bits per heavy atom. The molecule has 148 heavy (non-hydrogen) atoms. The van der Waals surface area contributed by atoms with Crippen LogP contribution in [0.15, 0.2) is 97.1 Å². The first-order valence-corrected chi connectivity index (χ1v) is 56.6. The summed E-state index contributed by atoms with van der Waals surface area (Å²) in [5, 5.41) is 0. The van der Waals surface area contributed by atoms with Gasteiger partial charge in [-0.2, -0.15) is 17.6 Å². The lowest BCUT2D eigenvalue weighted by atomic mass is 9.68. The van der Waals surface area contributed by atoms with Crippen LogP contribution in [0, 0.1) is 250 Å². The van der Waals surface area contributed by atoms with Crippen molar-refractivity contribution in [2.24, 2.45) is 94.7 Å². The fraction of sp³-hybridized carbons (Fsp3) is 0.625. The molecule has 0 amide bonds. The summed E-state index contributed by atoms with van der Waals surface area (Å²) in [4.78, 5) is 0. The van der Waals surface area contributed by atoms with Gasteiger partial charge >= 0.3 is 6.11 Å².